The van der Waals surface area contributed by atoms with Gasteiger partial charge >= 0.3 is 0 Å². The monoisotopic (exact) mass is 195 g/mol. The van der Waals surface area contributed by atoms with Crippen LogP contribution in [0.3, 0.4) is 0 Å². The second kappa shape index (κ2) is 4.00. The lowest BCUT2D eigenvalue weighted by Crippen LogP contribution is -2.17. The second-order valence-corrected chi connectivity index (χ2v) is 3.66. The Morgan fingerprint density at radius 1 is 1.64 bits per heavy atom. The Hall–Kier alpha value is -1.03. The number of nitrogens with two attached hydrogens (primary N) is 1. The highest BCUT2D eigenvalue weighted by molar-refractivity contribution is 5.42. The van der Waals surface area contributed by atoms with Gasteiger partial charge in [0.25, 0.3) is 0 Å². The molecule has 78 valence electrons. The summed E-state index contributed by atoms with van der Waals surface area (Å²) < 4.78 is 7.64. The van der Waals surface area contributed by atoms with E-state index in [4.69, 9.17) is 10.5 Å². The molecule has 1 atom stereocenters. The van der Waals surface area contributed by atoms with Gasteiger partial charge in [-0.2, -0.15) is 5.10 Å². The molecular formula is C10H17N3O. The van der Waals surface area contributed by atoms with E-state index < -0.39 is 0 Å². The minimum atomic E-state index is 0.159. The highest BCUT2D eigenvalue weighted by atomic mass is 16.5. The van der Waals surface area contributed by atoms with E-state index in [1.54, 1.807) is 6.20 Å². The highest BCUT2D eigenvalue weighted by Crippen LogP contribution is 2.31. The third-order valence-electron chi connectivity index (χ3n) is 2.69. The van der Waals surface area contributed by atoms with Crippen LogP contribution in [0, 0.1) is 0 Å². The molecule has 1 aliphatic rings. The summed E-state index contributed by atoms with van der Waals surface area (Å²) in [6, 6.07) is 0. The number of hydrogen-bond acceptors (Lipinski definition) is 3. The minimum Gasteiger partial charge on any atom is -0.396 e. The van der Waals surface area contributed by atoms with Crippen LogP contribution in [0.15, 0.2) is 6.20 Å². The van der Waals surface area contributed by atoms with E-state index in [0.29, 0.717) is 0 Å². The molecule has 1 fully saturated rings. The summed E-state index contributed by atoms with van der Waals surface area (Å²) in [6.45, 7) is 3.77. The zero-order valence-corrected chi connectivity index (χ0v) is 8.57. The van der Waals surface area contributed by atoms with Gasteiger partial charge in [0.1, 0.15) is 6.10 Å². The van der Waals surface area contributed by atoms with Gasteiger partial charge < -0.3 is 10.5 Å². The van der Waals surface area contributed by atoms with Crippen LogP contribution in [0.1, 0.15) is 38.0 Å². The van der Waals surface area contributed by atoms with E-state index in [-0.39, 0.29) is 6.10 Å². The number of anilines is 1. The number of nitrogen functional groups attached to an aromatic ring is 1. The predicted molar refractivity (Wildman–Crippen MR) is 54.9 cm³/mol. The number of hydrogen-bond donors (Lipinski definition) is 1. The molecule has 1 aliphatic heterocycles. The Morgan fingerprint density at radius 2 is 2.50 bits per heavy atom. The zero-order valence-electron chi connectivity index (χ0n) is 8.57. The van der Waals surface area contributed by atoms with Gasteiger partial charge in [-0.1, -0.05) is 0 Å². The average Bonchev–Trinajstić information content (AvgIpc) is 2.61. The molecule has 14 heavy (non-hydrogen) atoms. The van der Waals surface area contributed by atoms with Crippen molar-refractivity contribution in [3.63, 3.8) is 0 Å². The first-order valence-corrected chi connectivity index (χ1v) is 5.25. The standard InChI is InChI=1S/C10H17N3O/c1-2-13-10(8(11)7-12-13)9-5-3-4-6-14-9/h7,9H,2-6,11H2,1H3. The van der Waals surface area contributed by atoms with Crippen LogP contribution < -0.4 is 5.73 Å². The fourth-order valence-corrected chi connectivity index (χ4v) is 1.97. The highest BCUT2D eigenvalue weighted by Gasteiger charge is 2.22. The summed E-state index contributed by atoms with van der Waals surface area (Å²) in [5.74, 6) is 0. The fourth-order valence-electron chi connectivity index (χ4n) is 1.97. The van der Waals surface area contributed by atoms with Crippen molar-refractivity contribution in [1.29, 1.82) is 0 Å². The van der Waals surface area contributed by atoms with E-state index in [9.17, 15) is 0 Å². The number of nitrogens with zero attached hydrogens (tertiary/aromatic N) is 2. The summed E-state index contributed by atoms with van der Waals surface area (Å²) in [6.07, 6.45) is 5.33. The second-order valence-electron chi connectivity index (χ2n) is 3.66. The Bertz CT molecular complexity index is 302. The lowest BCUT2D eigenvalue weighted by molar-refractivity contribution is 0.0100. The Labute approximate surface area is 84.0 Å². The van der Waals surface area contributed by atoms with E-state index in [0.717, 1.165) is 37.4 Å². The number of aryl methyl sites for hydroxylation is 1. The van der Waals surface area contributed by atoms with E-state index in [1.807, 2.05) is 4.68 Å². The van der Waals surface area contributed by atoms with Crippen molar-refractivity contribution in [1.82, 2.24) is 9.78 Å². The van der Waals surface area contributed by atoms with Crippen LogP contribution in [0.25, 0.3) is 0 Å². The molecule has 0 spiro atoms. The van der Waals surface area contributed by atoms with Crippen molar-refractivity contribution in [3.05, 3.63) is 11.9 Å². The molecule has 2 N–H and O–H groups in total. The molecule has 2 rings (SSSR count). The number of aromatic nitrogens is 2. The fraction of sp³-hybridized carbons (Fsp3) is 0.700. The Kier molecular flexibility index (Phi) is 2.72. The topological polar surface area (TPSA) is 53.1 Å². The maximum Gasteiger partial charge on any atom is 0.101 e. The summed E-state index contributed by atoms with van der Waals surface area (Å²) in [5, 5.41) is 4.22. The molecule has 0 bridgehead atoms. The molecule has 1 saturated heterocycles. The van der Waals surface area contributed by atoms with Gasteiger partial charge in [0.15, 0.2) is 0 Å². The van der Waals surface area contributed by atoms with Crippen LogP contribution >= 0.6 is 0 Å². The molecule has 0 radical (unpaired) electrons. The van der Waals surface area contributed by atoms with Crippen molar-refractivity contribution in [2.24, 2.45) is 0 Å². The molecule has 0 aliphatic carbocycles. The van der Waals surface area contributed by atoms with E-state index in [2.05, 4.69) is 12.0 Å². The number of ether oxygens (including phenoxy) is 1. The van der Waals surface area contributed by atoms with Crippen molar-refractivity contribution in [2.45, 2.75) is 38.8 Å². The maximum atomic E-state index is 5.88. The van der Waals surface area contributed by atoms with Gasteiger partial charge in [-0.05, 0) is 26.2 Å². The largest absolute Gasteiger partial charge is 0.396 e. The van der Waals surface area contributed by atoms with Crippen molar-refractivity contribution in [2.75, 3.05) is 12.3 Å². The van der Waals surface area contributed by atoms with Gasteiger partial charge in [0, 0.05) is 13.2 Å². The first-order chi connectivity index (χ1) is 6.83. The summed E-state index contributed by atoms with van der Waals surface area (Å²) >= 11 is 0. The van der Waals surface area contributed by atoms with Gasteiger partial charge in [-0.15, -0.1) is 0 Å². The molecule has 4 heteroatoms. The van der Waals surface area contributed by atoms with Crippen LogP contribution in [0.4, 0.5) is 5.69 Å². The molecule has 1 aromatic rings. The van der Waals surface area contributed by atoms with Crippen molar-refractivity contribution in [3.8, 4) is 0 Å². The molecule has 0 saturated carbocycles. The molecule has 2 heterocycles. The summed E-state index contributed by atoms with van der Waals surface area (Å²) in [7, 11) is 0. The lowest BCUT2D eigenvalue weighted by Gasteiger charge is -2.23. The van der Waals surface area contributed by atoms with Crippen LogP contribution in [0.5, 0.6) is 0 Å². The summed E-state index contributed by atoms with van der Waals surface area (Å²) in [5.41, 5.74) is 7.71. The molecular weight excluding hydrogens is 178 g/mol. The minimum absolute atomic E-state index is 0.159. The van der Waals surface area contributed by atoms with Gasteiger partial charge in [-0.25, -0.2) is 0 Å². The molecule has 4 nitrogen and oxygen atoms in total. The molecule has 1 aromatic heterocycles. The lowest BCUT2D eigenvalue weighted by atomic mass is 10.1. The van der Waals surface area contributed by atoms with E-state index in [1.165, 1.54) is 6.42 Å². The average molecular weight is 195 g/mol. The first kappa shape index (κ1) is 9.52. The first-order valence-electron chi connectivity index (χ1n) is 5.25. The predicted octanol–water partition coefficient (Wildman–Crippen LogP) is 1.73. The Morgan fingerprint density at radius 3 is 3.14 bits per heavy atom. The molecule has 0 amide bonds. The molecule has 1 unspecified atom stereocenters. The quantitative estimate of drug-likeness (QED) is 0.781. The third-order valence-corrected chi connectivity index (χ3v) is 2.69. The van der Waals surface area contributed by atoms with E-state index >= 15 is 0 Å². The maximum absolute atomic E-state index is 5.88. The van der Waals surface area contributed by atoms with Crippen molar-refractivity contribution >= 4 is 5.69 Å². The van der Waals surface area contributed by atoms with Crippen LogP contribution in [-0.4, -0.2) is 16.4 Å². The Balaban J connectivity index is 2.23. The third kappa shape index (κ3) is 1.62. The van der Waals surface area contributed by atoms with Crippen LogP contribution in [-0.2, 0) is 11.3 Å². The number of rotatable bonds is 2. The van der Waals surface area contributed by atoms with Crippen molar-refractivity contribution < 1.29 is 4.74 Å². The molecule has 0 aromatic carbocycles. The smallest absolute Gasteiger partial charge is 0.101 e. The van der Waals surface area contributed by atoms with Crippen LogP contribution in [0.2, 0.25) is 0 Å². The zero-order chi connectivity index (χ0) is 9.97. The SMILES string of the molecule is CCn1ncc(N)c1C1CCCCO1. The van der Waals surface area contributed by atoms with Gasteiger partial charge in [-0.3, -0.25) is 4.68 Å². The van der Waals surface area contributed by atoms with Gasteiger partial charge in [0.05, 0.1) is 17.6 Å². The van der Waals surface area contributed by atoms with Gasteiger partial charge in [0.2, 0.25) is 0 Å². The normalized spacial score (nSPS) is 22.5. The summed E-state index contributed by atoms with van der Waals surface area (Å²) in [4.78, 5) is 0.